The summed E-state index contributed by atoms with van der Waals surface area (Å²) in [7, 11) is 1.93. The van der Waals surface area contributed by atoms with Crippen LogP contribution in [0.5, 0.6) is 11.5 Å². The van der Waals surface area contributed by atoms with E-state index in [9.17, 15) is 0 Å². The molecule has 2 aromatic rings. The fourth-order valence-corrected chi connectivity index (χ4v) is 2.42. The number of hydrogen-bond acceptors (Lipinski definition) is 2. The first-order valence-electron chi connectivity index (χ1n) is 6.28. The van der Waals surface area contributed by atoms with E-state index in [1.54, 1.807) is 0 Å². The predicted molar refractivity (Wildman–Crippen MR) is 82.9 cm³/mol. The van der Waals surface area contributed by atoms with E-state index < -0.39 is 0 Å². The van der Waals surface area contributed by atoms with Gasteiger partial charge in [-0.25, -0.2) is 0 Å². The van der Waals surface area contributed by atoms with Crippen LogP contribution < -0.4 is 10.1 Å². The van der Waals surface area contributed by atoms with Gasteiger partial charge in [-0.1, -0.05) is 33.6 Å². The van der Waals surface area contributed by atoms with Gasteiger partial charge in [0.2, 0.25) is 0 Å². The summed E-state index contributed by atoms with van der Waals surface area (Å²) in [6, 6.07) is 12.3. The topological polar surface area (TPSA) is 21.3 Å². The maximum Gasteiger partial charge on any atom is 0.132 e. The van der Waals surface area contributed by atoms with E-state index in [-0.39, 0.29) is 0 Å². The normalized spacial score (nSPS) is 10.5. The van der Waals surface area contributed by atoms with Gasteiger partial charge in [-0.15, -0.1) is 0 Å². The van der Waals surface area contributed by atoms with Crippen LogP contribution in [0.4, 0.5) is 0 Å². The lowest BCUT2D eigenvalue weighted by Crippen LogP contribution is -2.06. The van der Waals surface area contributed by atoms with Crippen LogP contribution >= 0.6 is 15.9 Å². The molecule has 2 rings (SSSR count). The first-order chi connectivity index (χ1) is 9.10. The summed E-state index contributed by atoms with van der Waals surface area (Å²) in [5.41, 5.74) is 3.53. The van der Waals surface area contributed by atoms with Crippen molar-refractivity contribution >= 4 is 15.9 Å². The van der Waals surface area contributed by atoms with Gasteiger partial charge in [-0.05, 0) is 50.7 Å². The highest BCUT2D eigenvalue weighted by Gasteiger charge is 2.07. The van der Waals surface area contributed by atoms with Gasteiger partial charge in [0.15, 0.2) is 0 Å². The number of halogens is 1. The van der Waals surface area contributed by atoms with E-state index in [0.29, 0.717) is 0 Å². The molecule has 0 aliphatic carbocycles. The Morgan fingerprint density at radius 2 is 1.79 bits per heavy atom. The Morgan fingerprint density at radius 1 is 1.05 bits per heavy atom. The number of nitrogens with one attached hydrogen (secondary N) is 1. The van der Waals surface area contributed by atoms with Crippen molar-refractivity contribution in [1.82, 2.24) is 5.32 Å². The highest BCUT2D eigenvalue weighted by atomic mass is 79.9. The van der Waals surface area contributed by atoms with Gasteiger partial charge >= 0.3 is 0 Å². The molecular formula is C16H18BrNO. The zero-order valence-corrected chi connectivity index (χ0v) is 13.0. The van der Waals surface area contributed by atoms with Gasteiger partial charge in [0.25, 0.3) is 0 Å². The molecule has 0 radical (unpaired) electrons. The van der Waals surface area contributed by atoms with Crippen LogP contribution in [0.15, 0.2) is 40.9 Å². The van der Waals surface area contributed by atoms with Crippen molar-refractivity contribution in [1.29, 1.82) is 0 Å². The Bertz CT molecular complexity index is 581. The number of benzene rings is 2. The molecule has 0 bridgehead atoms. The van der Waals surface area contributed by atoms with Crippen molar-refractivity contribution in [3.63, 3.8) is 0 Å². The Hall–Kier alpha value is -1.32. The van der Waals surface area contributed by atoms with Gasteiger partial charge < -0.3 is 10.1 Å². The first kappa shape index (κ1) is 14.1. The summed E-state index contributed by atoms with van der Waals surface area (Å²) < 4.78 is 7.10. The minimum Gasteiger partial charge on any atom is -0.457 e. The minimum absolute atomic E-state index is 0.777. The van der Waals surface area contributed by atoms with Gasteiger partial charge in [0.05, 0.1) is 0 Å². The van der Waals surface area contributed by atoms with Crippen LogP contribution in [0.25, 0.3) is 0 Å². The lowest BCUT2D eigenvalue weighted by molar-refractivity contribution is 0.470. The van der Waals surface area contributed by atoms with E-state index in [0.717, 1.165) is 33.6 Å². The molecule has 19 heavy (non-hydrogen) atoms. The molecule has 0 spiro atoms. The van der Waals surface area contributed by atoms with E-state index in [1.807, 2.05) is 25.2 Å². The van der Waals surface area contributed by atoms with E-state index in [1.165, 1.54) is 5.56 Å². The third-order valence-electron chi connectivity index (χ3n) is 2.94. The molecule has 3 heteroatoms. The van der Waals surface area contributed by atoms with Gasteiger partial charge in [-0.3, -0.25) is 0 Å². The fourth-order valence-electron chi connectivity index (χ4n) is 2.01. The second-order valence-electron chi connectivity index (χ2n) is 4.65. The average molecular weight is 320 g/mol. The van der Waals surface area contributed by atoms with Crippen molar-refractivity contribution < 1.29 is 4.74 Å². The van der Waals surface area contributed by atoms with Crippen molar-refractivity contribution in [2.24, 2.45) is 0 Å². The van der Waals surface area contributed by atoms with Crippen molar-refractivity contribution in [2.75, 3.05) is 7.05 Å². The lowest BCUT2D eigenvalue weighted by atomic mass is 10.1. The molecule has 0 heterocycles. The molecule has 1 N–H and O–H groups in total. The zero-order valence-electron chi connectivity index (χ0n) is 11.5. The number of hydrogen-bond donors (Lipinski definition) is 1. The molecule has 0 aliphatic heterocycles. The largest absolute Gasteiger partial charge is 0.457 e. The van der Waals surface area contributed by atoms with Crippen LogP contribution in [0.2, 0.25) is 0 Å². The standard InChI is InChI=1S/C16H18BrNO/c1-11-4-6-15(12(2)8-11)19-16-7-5-14(17)9-13(16)10-18-3/h4-9,18H,10H2,1-3H3. The third kappa shape index (κ3) is 3.58. The zero-order chi connectivity index (χ0) is 13.8. The molecule has 0 aromatic heterocycles. The van der Waals surface area contributed by atoms with Crippen LogP contribution in [0.1, 0.15) is 16.7 Å². The van der Waals surface area contributed by atoms with E-state index >= 15 is 0 Å². The Balaban J connectivity index is 2.32. The smallest absolute Gasteiger partial charge is 0.132 e. The summed E-state index contributed by atoms with van der Waals surface area (Å²) in [4.78, 5) is 0. The number of aryl methyl sites for hydroxylation is 2. The van der Waals surface area contributed by atoms with Crippen molar-refractivity contribution in [3.8, 4) is 11.5 Å². The predicted octanol–water partition coefficient (Wildman–Crippen LogP) is 4.58. The second-order valence-corrected chi connectivity index (χ2v) is 5.57. The first-order valence-corrected chi connectivity index (χ1v) is 7.07. The Morgan fingerprint density at radius 3 is 2.47 bits per heavy atom. The highest BCUT2D eigenvalue weighted by Crippen LogP contribution is 2.30. The maximum absolute atomic E-state index is 6.04. The van der Waals surface area contributed by atoms with Gasteiger partial charge in [0, 0.05) is 16.6 Å². The summed E-state index contributed by atoms with van der Waals surface area (Å²) >= 11 is 3.49. The van der Waals surface area contributed by atoms with Gasteiger partial charge in [0.1, 0.15) is 11.5 Å². The SMILES string of the molecule is CNCc1cc(Br)ccc1Oc1ccc(C)cc1C. The maximum atomic E-state index is 6.04. The summed E-state index contributed by atoms with van der Waals surface area (Å²) in [5.74, 6) is 1.80. The summed E-state index contributed by atoms with van der Waals surface area (Å²) in [6.45, 7) is 4.93. The molecule has 100 valence electrons. The fraction of sp³-hybridized carbons (Fsp3) is 0.250. The van der Waals surface area contributed by atoms with Crippen LogP contribution in [-0.2, 0) is 6.54 Å². The molecule has 0 saturated heterocycles. The molecule has 0 fully saturated rings. The molecule has 0 saturated carbocycles. The highest BCUT2D eigenvalue weighted by molar-refractivity contribution is 9.10. The van der Waals surface area contributed by atoms with Crippen LogP contribution in [0, 0.1) is 13.8 Å². The van der Waals surface area contributed by atoms with E-state index in [4.69, 9.17) is 4.74 Å². The van der Waals surface area contributed by atoms with Crippen molar-refractivity contribution in [3.05, 3.63) is 57.6 Å². The number of ether oxygens (including phenoxy) is 1. The number of rotatable bonds is 4. The third-order valence-corrected chi connectivity index (χ3v) is 3.43. The Kier molecular flexibility index (Phi) is 4.61. The Labute approximate surface area is 122 Å². The molecule has 2 aromatic carbocycles. The van der Waals surface area contributed by atoms with Crippen LogP contribution in [-0.4, -0.2) is 7.05 Å². The minimum atomic E-state index is 0.777. The van der Waals surface area contributed by atoms with E-state index in [2.05, 4.69) is 53.3 Å². The molecule has 0 unspecified atom stereocenters. The second kappa shape index (κ2) is 6.22. The molecule has 0 amide bonds. The lowest BCUT2D eigenvalue weighted by Gasteiger charge is -2.13. The summed E-state index contributed by atoms with van der Waals surface area (Å²) in [5, 5.41) is 3.16. The average Bonchev–Trinajstić information content (AvgIpc) is 2.36. The van der Waals surface area contributed by atoms with Gasteiger partial charge in [-0.2, -0.15) is 0 Å². The van der Waals surface area contributed by atoms with Crippen molar-refractivity contribution in [2.45, 2.75) is 20.4 Å². The van der Waals surface area contributed by atoms with Crippen LogP contribution in [0.3, 0.4) is 0 Å². The molecule has 0 aliphatic rings. The molecule has 2 nitrogen and oxygen atoms in total. The molecular weight excluding hydrogens is 302 g/mol. The molecule has 0 atom stereocenters. The quantitative estimate of drug-likeness (QED) is 0.890. The summed E-state index contributed by atoms with van der Waals surface area (Å²) in [6.07, 6.45) is 0. The monoisotopic (exact) mass is 319 g/mol.